The SMILES string of the molecule is Cc1cc(O)c(C)c2c1CN(C(=O)OC(C)(C)C)CC2. The highest BCUT2D eigenvalue weighted by molar-refractivity contribution is 5.69. The number of carbonyl (C=O) groups is 1. The highest BCUT2D eigenvalue weighted by Gasteiger charge is 2.27. The molecule has 4 nitrogen and oxygen atoms in total. The number of rotatable bonds is 0. The van der Waals surface area contributed by atoms with E-state index in [4.69, 9.17) is 4.74 Å². The smallest absolute Gasteiger partial charge is 0.410 e. The number of ether oxygens (including phenoxy) is 1. The van der Waals surface area contributed by atoms with Crippen LogP contribution in [0, 0.1) is 13.8 Å². The minimum Gasteiger partial charge on any atom is -0.508 e. The van der Waals surface area contributed by atoms with E-state index in [1.54, 1.807) is 11.0 Å². The lowest BCUT2D eigenvalue weighted by Crippen LogP contribution is -2.40. The first kappa shape index (κ1) is 14.7. The number of phenols is 1. The zero-order chi connectivity index (χ0) is 15.1. The van der Waals surface area contributed by atoms with Crippen LogP contribution in [0.5, 0.6) is 5.75 Å². The molecule has 0 spiro atoms. The van der Waals surface area contributed by atoms with Crippen LogP contribution in [0.2, 0.25) is 0 Å². The number of aromatic hydroxyl groups is 1. The van der Waals surface area contributed by atoms with Crippen LogP contribution in [0.3, 0.4) is 0 Å². The van der Waals surface area contributed by atoms with Crippen LogP contribution in [0.25, 0.3) is 0 Å². The van der Waals surface area contributed by atoms with Gasteiger partial charge in [-0.1, -0.05) is 0 Å². The van der Waals surface area contributed by atoms with Crippen molar-refractivity contribution >= 4 is 6.09 Å². The second kappa shape index (κ2) is 5.00. The first-order valence-electron chi connectivity index (χ1n) is 6.98. The van der Waals surface area contributed by atoms with E-state index in [-0.39, 0.29) is 6.09 Å². The lowest BCUT2D eigenvalue weighted by Gasteiger charge is -2.32. The summed E-state index contributed by atoms with van der Waals surface area (Å²) in [5.41, 5.74) is 3.78. The third kappa shape index (κ3) is 2.89. The Hall–Kier alpha value is -1.71. The minimum atomic E-state index is -0.475. The van der Waals surface area contributed by atoms with Gasteiger partial charge in [0.1, 0.15) is 11.4 Å². The van der Waals surface area contributed by atoms with E-state index in [0.717, 1.165) is 23.1 Å². The quantitative estimate of drug-likeness (QED) is 0.791. The summed E-state index contributed by atoms with van der Waals surface area (Å²) < 4.78 is 5.42. The van der Waals surface area contributed by atoms with E-state index >= 15 is 0 Å². The first-order valence-corrected chi connectivity index (χ1v) is 6.98. The van der Waals surface area contributed by atoms with Crippen molar-refractivity contribution < 1.29 is 14.6 Å². The van der Waals surface area contributed by atoms with Crippen LogP contribution >= 0.6 is 0 Å². The molecule has 1 aliphatic heterocycles. The summed E-state index contributed by atoms with van der Waals surface area (Å²) in [4.78, 5) is 13.9. The standard InChI is InChI=1S/C16H23NO3/c1-10-8-14(18)11(2)12-6-7-17(9-13(10)12)15(19)20-16(3,4)5/h8,18H,6-7,9H2,1-5H3. The summed E-state index contributed by atoms with van der Waals surface area (Å²) in [6, 6.07) is 1.77. The third-order valence-electron chi connectivity index (χ3n) is 3.66. The molecule has 1 amide bonds. The van der Waals surface area contributed by atoms with Crippen LogP contribution in [0.4, 0.5) is 4.79 Å². The van der Waals surface area contributed by atoms with Crippen molar-refractivity contribution in [2.45, 2.75) is 53.2 Å². The van der Waals surface area contributed by atoms with Gasteiger partial charge in [-0.05, 0) is 69.4 Å². The number of phenolic OH excluding ortho intramolecular Hbond substituents is 1. The van der Waals surface area contributed by atoms with E-state index in [0.29, 0.717) is 18.8 Å². The molecule has 1 N–H and O–H groups in total. The second-order valence-corrected chi connectivity index (χ2v) is 6.45. The number of amides is 1. The average Bonchev–Trinajstić information content (AvgIpc) is 2.33. The third-order valence-corrected chi connectivity index (χ3v) is 3.66. The van der Waals surface area contributed by atoms with Crippen LogP contribution in [0.15, 0.2) is 6.07 Å². The number of fused-ring (bicyclic) bond motifs is 1. The van der Waals surface area contributed by atoms with E-state index in [1.165, 1.54) is 5.56 Å². The molecule has 0 atom stereocenters. The zero-order valence-electron chi connectivity index (χ0n) is 12.9. The summed E-state index contributed by atoms with van der Waals surface area (Å²) in [5.74, 6) is 0.340. The largest absolute Gasteiger partial charge is 0.508 e. The van der Waals surface area contributed by atoms with Gasteiger partial charge in [-0.25, -0.2) is 4.79 Å². The van der Waals surface area contributed by atoms with Gasteiger partial charge in [0, 0.05) is 13.1 Å². The van der Waals surface area contributed by atoms with Gasteiger partial charge in [0.25, 0.3) is 0 Å². The summed E-state index contributed by atoms with van der Waals surface area (Å²) >= 11 is 0. The predicted molar refractivity (Wildman–Crippen MR) is 77.9 cm³/mol. The Morgan fingerprint density at radius 1 is 1.30 bits per heavy atom. The van der Waals surface area contributed by atoms with Gasteiger partial charge < -0.3 is 14.7 Å². The maximum Gasteiger partial charge on any atom is 0.410 e. The molecule has 0 fully saturated rings. The van der Waals surface area contributed by atoms with Crippen LogP contribution in [-0.4, -0.2) is 28.2 Å². The molecule has 0 saturated carbocycles. The van der Waals surface area contributed by atoms with Gasteiger partial charge in [-0.15, -0.1) is 0 Å². The zero-order valence-corrected chi connectivity index (χ0v) is 12.9. The molecule has 1 aromatic rings. The van der Waals surface area contributed by atoms with E-state index in [1.807, 2.05) is 34.6 Å². The van der Waals surface area contributed by atoms with Crippen molar-refractivity contribution in [2.24, 2.45) is 0 Å². The van der Waals surface area contributed by atoms with E-state index in [2.05, 4.69) is 0 Å². The topological polar surface area (TPSA) is 49.8 Å². The van der Waals surface area contributed by atoms with Crippen molar-refractivity contribution in [3.05, 3.63) is 28.3 Å². The monoisotopic (exact) mass is 277 g/mol. The Balaban J connectivity index is 2.24. The van der Waals surface area contributed by atoms with Gasteiger partial charge in [0.15, 0.2) is 0 Å². The number of hydrogen-bond acceptors (Lipinski definition) is 3. The fourth-order valence-electron chi connectivity index (χ4n) is 2.58. The van der Waals surface area contributed by atoms with E-state index in [9.17, 15) is 9.90 Å². The number of carbonyl (C=O) groups excluding carboxylic acids is 1. The van der Waals surface area contributed by atoms with Crippen LogP contribution in [0.1, 0.15) is 43.0 Å². The van der Waals surface area contributed by atoms with Crippen molar-refractivity contribution in [1.29, 1.82) is 0 Å². The molecule has 0 unspecified atom stereocenters. The molecular formula is C16H23NO3. The van der Waals surface area contributed by atoms with E-state index < -0.39 is 5.60 Å². The molecule has 1 heterocycles. The van der Waals surface area contributed by atoms with Crippen LogP contribution < -0.4 is 0 Å². The molecular weight excluding hydrogens is 254 g/mol. The predicted octanol–water partition coefficient (Wildman–Crippen LogP) is 3.30. The van der Waals surface area contributed by atoms with Gasteiger partial charge >= 0.3 is 6.09 Å². The molecule has 110 valence electrons. The van der Waals surface area contributed by atoms with Gasteiger partial charge in [-0.3, -0.25) is 0 Å². The maximum atomic E-state index is 12.1. The molecule has 2 rings (SSSR count). The fraction of sp³-hybridized carbons (Fsp3) is 0.562. The molecule has 1 aromatic carbocycles. The fourth-order valence-corrected chi connectivity index (χ4v) is 2.58. The lowest BCUT2D eigenvalue weighted by atomic mass is 9.91. The van der Waals surface area contributed by atoms with Gasteiger partial charge in [0.05, 0.1) is 0 Å². The molecule has 4 heteroatoms. The lowest BCUT2D eigenvalue weighted by molar-refractivity contribution is 0.0223. The Labute approximate surface area is 120 Å². The van der Waals surface area contributed by atoms with Crippen LogP contribution in [-0.2, 0) is 17.7 Å². The Morgan fingerprint density at radius 2 is 1.95 bits per heavy atom. The Bertz CT molecular complexity index is 544. The maximum absolute atomic E-state index is 12.1. The van der Waals surface area contributed by atoms with Crippen molar-refractivity contribution in [3.8, 4) is 5.75 Å². The van der Waals surface area contributed by atoms with Gasteiger partial charge in [0.2, 0.25) is 0 Å². The molecule has 20 heavy (non-hydrogen) atoms. The van der Waals surface area contributed by atoms with Crippen molar-refractivity contribution in [2.75, 3.05) is 6.54 Å². The van der Waals surface area contributed by atoms with Crippen molar-refractivity contribution in [3.63, 3.8) is 0 Å². The number of benzene rings is 1. The minimum absolute atomic E-state index is 0.270. The van der Waals surface area contributed by atoms with Crippen molar-refractivity contribution in [1.82, 2.24) is 4.90 Å². The number of aryl methyl sites for hydroxylation is 1. The molecule has 0 bridgehead atoms. The summed E-state index contributed by atoms with van der Waals surface area (Å²) in [6.45, 7) is 10.7. The van der Waals surface area contributed by atoms with Gasteiger partial charge in [-0.2, -0.15) is 0 Å². The molecule has 0 aliphatic carbocycles. The highest BCUT2D eigenvalue weighted by atomic mass is 16.6. The summed E-state index contributed by atoms with van der Waals surface area (Å²) in [5, 5.41) is 9.88. The number of nitrogens with zero attached hydrogens (tertiary/aromatic N) is 1. The Kier molecular flexibility index (Phi) is 3.67. The Morgan fingerprint density at radius 3 is 2.55 bits per heavy atom. The summed E-state index contributed by atoms with van der Waals surface area (Å²) in [6.07, 6.45) is 0.489. The molecule has 0 saturated heterocycles. The molecule has 0 radical (unpaired) electrons. The average molecular weight is 277 g/mol. The first-order chi connectivity index (χ1) is 9.19. The second-order valence-electron chi connectivity index (χ2n) is 6.45. The molecule has 0 aromatic heterocycles. The summed E-state index contributed by atoms with van der Waals surface area (Å²) in [7, 11) is 0. The molecule has 1 aliphatic rings. The highest BCUT2D eigenvalue weighted by Crippen LogP contribution is 2.31. The normalized spacial score (nSPS) is 14.9. The number of hydrogen-bond donors (Lipinski definition) is 1.